The van der Waals surface area contributed by atoms with E-state index in [1.54, 1.807) is 7.11 Å². The van der Waals surface area contributed by atoms with E-state index in [0.717, 1.165) is 22.6 Å². The van der Waals surface area contributed by atoms with Gasteiger partial charge in [0.2, 0.25) is 5.91 Å². The molecule has 1 saturated carbocycles. The Morgan fingerprint density at radius 2 is 2.14 bits per heavy atom. The van der Waals surface area contributed by atoms with Crippen molar-refractivity contribution in [1.82, 2.24) is 4.98 Å². The van der Waals surface area contributed by atoms with Crippen molar-refractivity contribution in [3.05, 3.63) is 29.1 Å². The number of benzene rings is 1. The molecule has 0 aliphatic heterocycles. The lowest BCUT2D eigenvalue weighted by molar-refractivity contribution is -0.166. The van der Waals surface area contributed by atoms with E-state index in [1.807, 2.05) is 51.3 Å². The Bertz CT molecular complexity index is 855. The molecule has 3 rings (SSSR count). The smallest absolute Gasteiger partial charge is 0.246 e. The average molecular weight is 426 g/mol. The number of amides is 1. The topological polar surface area (TPSA) is 86.5 Å². The highest BCUT2D eigenvalue weighted by molar-refractivity contribution is 7.14. The highest BCUT2D eigenvalue weighted by Gasteiger charge is 2.63. The predicted octanol–water partition coefficient (Wildman–Crippen LogP) is 4.02. The Hall–Kier alpha value is -1.67. The number of hydrogen-bond donors (Lipinski definition) is 2. The molecule has 28 heavy (non-hydrogen) atoms. The quantitative estimate of drug-likeness (QED) is 0.729. The molecule has 0 saturated heterocycles. The zero-order chi connectivity index (χ0) is 19.8. The Labute approximate surface area is 176 Å². The number of aryl methyl sites for hydroxylation is 1. The zero-order valence-electron chi connectivity index (χ0n) is 16.9. The number of nitrogens with one attached hydrogen (secondary N) is 1. The molecule has 1 aliphatic rings. The maximum absolute atomic E-state index is 12.9. The number of anilines is 1. The molecule has 2 aromatic rings. The van der Waals surface area contributed by atoms with Gasteiger partial charge >= 0.3 is 0 Å². The number of methoxy groups -OCH3 is 1. The number of thiazole rings is 1. The van der Waals surface area contributed by atoms with Crippen LogP contribution in [0.5, 0.6) is 5.75 Å². The summed E-state index contributed by atoms with van der Waals surface area (Å²) in [7, 11) is 1.63. The normalized spacial score (nSPS) is 22.7. The largest absolute Gasteiger partial charge is 0.496 e. The number of hydrogen-bond acceptors (Lipinski definition) is 6. The number of ether oxygens (including phenoxy) is 2. The van der Waals surface area contributed by atoms with E-state index >= 15 is 0 Å². The molecule has 0 spiro atoms. The Balaban J connectivity index is 0.00000280. The maximum atomic E-state index is 12.9. The first kappa shape index (κ1) is 22.6. The van der Waals surface area contributed by atoms with Gasteiger partial charge in [0.1, 0.15) is 11.3 Å². The van der Waals surface area contributed by atoms with Crippen LogP contribution in [-0.2, 0) is 9.53 Å². The summed E-state index contributed by atoms with van der Waals surface area (Å²) in [4.78, 5) is 17.4. The van der Waals surface area contributed by atoms with Crippen molar-refractivity contribution in [2.75, 3.05) is 19.0 Å². The van der Waals surface area contributed by atoms with Gasteiger partial charge in [-0.3, -0.25) is 4.79 Å². The molecule has 1 aromatic carbocycles. The first-order valence-electron chi connectivity index (χ1n) is 9.05. The fraction of sp³-hybridized carbons (Fsp3) is 0.500. The molecule has 2 unspecified atom stereocenters. The van der Waals surface area contributed by atoms with Crippen LogP contribution in [0, 0.1) is 12.3 Å². The fourth-order valence-corrected chi connectivity index (χ4v) is 4.21. The first-order valence-corrected chi connectivity index (χ1v) is 9.93. The minimum absolute atomic E-state index is 0. The molecule has 0 bridgehead atoms. The van der Waals surface area contributed by atoms with Crippen molar-refractivity contribution in [2.45, 2.75) is 45.8 Å². The Morgan fingerprint density at radius 3 is 2.75 bits per heavy atom. The van der Waals surface area contributed by atoms with Gasteiger partial charge in [-0.15, -0.1) is 23.7 Å². The van der Waals surface area contributed by atoms with E-state index in [4.69, 9.17) is 15.2 Å². The average Bonchev–Trinajstić information content (AvgIpc) is 3.09. The molecule has 1 heterocycles. The summed E-state index contributed by atoms with van der Waals surface area (Å²) in [5.41, 5.74) is 7.81. The minimum atomic E-state index is -0.973. The van der Waals surface area contributed by atoms with E-state index in [-0.39, 0.29) is 24.4 Å². The van der Waals surface area contributed by atoms with Gasteiger partial charge in [0.25, 0.3) is 0 Å². The monoisotopic (exact) mass is 425 g/mol. The zero-order valence-corrected chi connectivity index (χ0v) is 18.5. The number of carbonyl (C=O) groups is 1. The second-order valence-corrected chi connectivity index (χ2v) is 8.40. The van der Waals surface area contributed by atoms with E-state index in [0.29, 0.717) is 18.2 Å². The number of nitrogens with zero attached hydrogens (tertiary/aromatic N) is 1. The summed E-state index contributed by atoms with van der Waals surface area (Å²) in [6.45, 7) is 8.52. The van der Waals surface area contributed by atoms with Crippen LogP contribution in [0.1, 0.15) is 32.8 Å². The van der Waals surface area contributed by atoms with Gasteiger partial charge < -0.3 is 20.5 Å². The Morgan fingerprint density at radius 1 is 1.43 bits per heavy atom. The van der Waals surface area contributed by atoms with Crippen LogP contribution in [0.25, 0.3) is 11.3 Å². The van der Waals surface area contributed by atoms with E-state index < -0.39 is 11.0 Å². The third-order valence-electron chi connectivity index (χ3n) is 5.59. The predicted molar refractivity (Wildman–Crippen MR) is 115 cm³/mol. The summed E-state index contributed by atoms with van der Waals surface area (Å²) < 4.78 is 11.1. The van der Waals surface area contributed by atoms with Crippen LogP contribution in [-0.4, -0.2) is 36.3 Å². The first-order chi connectivity index (χ1) is 12.7. The lowest BCUT2D eigenvalue weighted by Gasteiger charge is -2.57. The molecule has 1 fully saturated rings. The van der Waals surface area contributed by atoms with Crippen molar-refractivity contribution in [1.29, 1.82) is 0 Å². The van der Waals surface area contributed by atoms with Crippen LogP contribution >= 0.6 is 23.7 Å². The standard InChI is InChI=1S/C20H27N3O3S.ClH/c1-6-26-16-10-20(21,19(16,3)4)17(24)23-18-22-14(11-27-18)13-9-12(2)7-8-15(13)25-5;/h7-9,11,16H,6,10,21H2,1-5H3,(H,22,23,24);1H. The van der Waals surface area contributed by atoms with Crippen molar-refractivity contribution in [3.63, 3.8) is 0 Å². The highest BCUT2D eigenvalue weighted by Crippen LogP contribution is 2.50. The van der Waals surface area contributed by atoms with Crippen LogP contribution in [0.2, 0.25) is 0 Å². The molecule has 2 atom stereocenters. The number of halogens is 1. The molecule has 1 aromatic heterocycles. The molecule has 154 valence electrons. The van der Waals surface area contributed by atoms with Crippen LogP contribution in [0.4, 0.5) is 5.13 Å². The second-order valence-electron chi connectivity index (χ2n) is 7.54. The summed E-state index contributed by atoms with van der Waals surface area (Å²) in [6.07, 6.45) is 0.491. The number of carbonyl (C=O) groups excluding carboxylic acids is 1. The highest BCUT2D eigenvalue weighted by atomic mass is 35.5. The van der Waals surface area contributed by atoms with Gasteiger partial charge in [-0.05, 0) is 26.0 Å². The molecule has 1 aliphatic carbocycles. The molecular weight excluding hydrogens is 398 g/mol. The van der Waals surface area contributed by atoms with Gasteiger partial charge in [-0.2, -0.15) is 0 Å². The SMILES string of the molecule is CCOC1CC(N)(C(=O)Nc2nc(-c3cc(C)ccc3OC)cs2)C1(C)C.Cl. The van der Waals surface area contributed by atoms with Crippen LogP contribution in [0.3, 0.4) is 0 Å². The van der Waals surface area contributed by atoms with E-state index in [1.165, 1.54) is 11.3 Å². The summed E-state index contributed by atoms with van der Waals surface area (Å²) in [6, 6.07) is 5.93. The number of aromatic nitrogens is 1. The van der Waals surface area contributed by atoms with Gasteiger partial charge in [0, 0.05) is 29.4 Å². The van der Waals surface area contributed by atoms with Crippen LogP contribution < -0.4 is 15.8 Å². The van der Waals surface area contributed by atoms with Crippen molar-refractivity contribution >= 4 is 34.8 Å². The van der Waals surface area contributed by atoms with Crippen molar-refractivity contribution < 1.29 is 14.3 Å². The van der Waals surface area contributed by atoms with Gasteiger partial charge in [-0.1, -0.05) is 25.5 Å². The van der Waals surface area contributed by atoms with Gasteiger partial charge in [0.05, 0.1) is 18.9 Å². The molecule has 8 heteroatoms. The third-order valence-corrected chi connectivity index (χ3v) is 6.35. The van der Waals surface area contributed by atoms with E-state index in [2.05, 4.69) is 10.3 Å². The molecule has 0 radical (unpaired) electrons. The summed E-state index contributed by atoms with van der Waals surface area (Å²) in [5, 5.41) is 5.33. The molecular formula is C20H28ClN3O3S. The van der Waals surface area contributed by atoms with E-state index in [9.17, 15) is 4.79 Å². The van der Waals surface area contributed by atoms with Crippen LogP contribution in [0.15, 0.2) is 23.6 Å². The molecule has 3 N–H and O–H groups in total. The minimum Gasteiger partial charge on any atom is -0.496 e. The molecule has 6 nitrogen and oxygen atoms in total. The summed E-state index contributed by atoms with van der Waals surface area (Å²) in [5.74, 6) is 0.527. The third kappa shape index (κ3) is 3.76. The van der Waals surface area contributed by atoms with Crippen molar-refractivity contribution in [2.24, 2.45) is 11.1 Å². The number of nitrogens with two attached hydrogens (primary N) is 1. The van der Waals surface area contributed by atoms with Gasteiger partial charge in [-0.25, -0.2) is 4.98 Å². The van der Waals surface area contributed by atoms with Crippen molar-refractivity contribution in [3.8, 4) is 17.0 Å². The lowest BCUT2D eigenvalue weighted by atomic mass is 9.54. The van der Waals surface area contributed by atoms with Gasteiger partial charge in [0.15, 0.2) is 5.13 Å². The lowest BCUT2D eigenvalue weighted by Crippen LogP contribution is -2.74. The Kier molecular flexibility index (Phi) is 6.76. The molecule has 1 amide bonds. The maximum Gasteiger partial charge on any atom is 0.246 e. The number of rotatable bonds is 6. The summed E-state index contributed by atoms with van der Waals surface area (Å²) >= 11 is 1.37. The second kappa shape index (κ2) is 8.37. The fourth-order valence-electron chi connectivity index (χ4n) is 3.51.